The molecule has 2 rings (SSSR count). The van der Waals surface area contributed by atoms with Gasteiger partial charge in [-0.15, -0.1) is 0 Å². The lowest BCUT2D eigenvalue weighted by atomic mass is 9.95. The number of allylic oxidation sites excluding steroid dienone is 1. The first-order valence-electron chi connectivity index (χ1n) is 6.06. The van der Waals surface area contributed by atoms with Crippen LogP contribution in [0.1, 0.15) is 30.9 Å². The minimum Gasteiger partial charge on any atom is -0.504 e. The van der Waals surface area contributed by atoms with Crippen LogP contribution in [-0.4, -0.2) is 12.4 Å². The van der Waals surface area contributed by atoms with Gasteiger partial charge in [0.1, 0.15) is 0 Å². The Morgan fingerprint density at radius 3 is 2.78 bits per heavy atom. The van der Waals surface area contributed by atoms with Crippen molar-refractivity contribution in [1.82, 2.24) is 0 Å². The van der Waals surface area contributed by atoms with Crippen molar-refractivity contribution in [3.8, 4) is 0 Å². The van der Waals surface area contributed by atoms with E-state index in [0.29, 0.717) is 0 Å². The average molecular weight is 265 g/mol. The minimum absolute atomic E-state index is 0.197. The summed E-state index contributed by atoms with van der Waals surface area (Å²) in [5.74, 6) is 0. The number of benzene rings is 1. The van der Waals surface area contributed by atoms with E-state index < -0.39 is 0 Å². The van der Waals surface area contributed by atoms with Crippen molar-refractivity contribution < 1.29 is 9.53 Å². The molecule has 0 N–H and O–H groups in total. The Morgan fingerprint density at radius 2 is 2.22 bits per heavy atom. The molecule has 1 fully saturated rings. The van der Waals surface area contributed by atoms with E-state index in [0.717, 1.165) is 36.0 Å². The highest BCUT2D eigenvalue weighted by molar-refractivity contribution is 6.65. The quantitative estimate of drug-likeness (QED) is 0.598. The molecular weight excluding hydrogens is 248 g/mol. The van der Waals surface area contributed by atoms with Crippen molar-refractivity contribution in [3.05, 3.63) is 41.7 Å². The molecule has 2 nitrogen and oxygen atoms in total. The van der Waals surface area contributed by atoms with E-state index in [1.807, 2.05) is 25.1 Å². The van der Waals surface area contributed by atoms with Gasteiger partial charge in [-0.05, 0) is 54.5 Å². The lowest BCUT2D eigenvalue weighted by Gasteiger charge is -2.11. The van der Waals surface area contributed by atoms with Crippen molar-refractivity contribution in [3.63, 3.8) is 0 Å². The van der Waals surface area contributed by atoms with E-state index in [-0.39, 0.29) is 10.7 Å². The molecule has 18 heavy (non-hydrogen) atoms. The first kappa shape index (κ1) is 13.2. The van der Waals surface area contributed by atoms with E-state index in [2.05, 4.69) is 6.07 Å². The summed E-state index contributed by atoms with van der Waals surface area (Å²) in [6.07, 6.45) is 4.28. The van der Waals surface area contributed by atoms with E-state index in [4.69, 9.17) is 16.3 Å². The topological polar surface area (TPSA) is 26.3 Å². The fourth-order valence-electron chi connectivity index (χ4n) is 2.16. The van der Waals surface area contributed by atoms with Gasteiger partial charge in [0.15, 0.2) is 0 Å². The van der Waals surface area contributed by atoms with Crippen LogP contribution in [0.2, 0.25) is 0 Å². The Labute approximate surface area is 113 Å². The Balaban J connectivity index is 2.18. The summed E-state index contributed by atoms with van der Waals surface area (Å²) >= 11 is 5.66. The first-order valence-corrected chi connectivity index (χ1v) is 6.44. The molecule has 0 spiro atoms. The molecule has 0 amide bonds. The van der Waals surface area contributed by atoms with Crippen molar-refractivity contribution >= 4 is 22.4 Å². The van der Waals surface area contributed by atoms with E-state index in [1.165, 1.54) is 0 Å². The van der Waals surface area contributed by atoms with Crippen LogP contribution in [0, 0.1) is 5.41 Å². The molecule has 0 radical (unpaired) electrons. The summed E-state index contributed by atoms with van der Waals surface area (Å²) in [7, 11) is 1.64. The molecule has 0 bridgehead atoms. The highest BCUT2D eigenvalue weighted by Crippen LogP contribution is 2.50. The summed E-state index contributed by atoms with van der Waals surface area (Å²) in [6.45, 7) is 2.00. The van der Waals surface area contributed by atoms with Crippen LogP contribution < -0.4 is 0 Å². The van der Waals surface area contributed by atoms with Gasteiger partial charge < -0.3 is 4.74 Å². The van der Waals surface area contributed by atoms with E-state index in [1.54, 1.807) is 13.4 Å². The second kappa shape index (κ2) is 5.15. The second-order valence-corrected chi connectivity index (χ2v) is 5.31. The van der Waals surface area contributed by atoms with Gasteiger partial charge in [0, 0.05) is 5.41 Å². The van der Waals surface area contributed by atoms with Crippen LogP contribution in [0.15, 0.2) is 30.5 Å². The summed E-state index contributed by atoms with van der Waals surface area (Å²) in [6, 6.07) is 8.19. The van der Waals surface area contributed by atoms with Crippen molar-refractivity contribution in [2.24, 2.45) is 5.41 Å². The van der Waals surface area contributed by atoms with Gasteiger partial charge in [0.25, 0.3) is 0 Å². The van der Waals surface area contributed by atoms with Crippen LogP contribution in [0.3, 0.4) is 0 Å². The number of carbonyl (C=O) groups excluding carboxylic acids is 1. The highest BCUT2D eigenvalue weighted by Gasteiger charge is 2.48. The predicted octanol–water partition coefficient (Wildman–Crippen LogP) is 3.78. The molecular formula is C15H17ClO2. The predicted molar refractivity (Wildman–Crippen MR) is 73.3 cm³/mol. The largest absolute Gasteiger partial charge is 0.504 e. The fraction of sp³-hybridized carbons (Fsp3) is 0.400. The summed E-state index contributed by atoms with van der Waals surface area (Å²) in [5.41, 5.74) is 3.05. The van der Waals surface area contributed by atoms with Crippen molar-refractivity contribution in [2.45, 2.75) is 26.2 Å². The zero-order chi connectivity index (χ0) is 13.2. The monoisotopic (exact) mass is 264 g/mol. The maximum absolute atomic E-state index is 11.4. The molecule has 1 aromatic carbocycles. The zero-order valence-corrected chi connectivity index (χ0v) is 11.5. The SMILES string of the molecule is COC=C(C)c1cccc(CC2(C(=O)Cl)CC2)c1. The van der Waals surface area contributed by atoms with Crippen LogP contribution in [-0.2, 0) is 16.0 Å². The minimum atomic E-state index is -0.293. The zero-order valence-electron chi connectivity index (χ0n) is 10.7. The average Bonchev–Trinajstić information content (AvgIpc) is 3.11. The van der Waals surface area contributed by atoms with Gasteiger partial charge in [0.05, 0.1) is 13.4 Å². The smallest absolute Gasteiger partial charge is 0.228 e. The lowest BCUT2D eigenvalue weighted by molar-refractivity contribution is -0.116. The molecule has 96 valence electrons. The molecule has 0 aromatic heterocycles. The molecule has 1 aromatic rings. The Bertz CT molecular complexity index is 487. The highest BCUT2D eigenvalue weighted by atomic mass is 35.5. The number of halogens is 1. The number of methoxy groups -OCH3 is 1. The van der Waals surface area contributed by atoms with Gasteiger partial charge in [0.2, 0.25) is 5.24 Å². The molecule has 0 unspecified atom stereocenters. The molecule has 0 atom stereocenters. The van der Waals surface area contributed by atoms with Gasteiger partial charge in [-0.25, -0.2) is 0 Å². The molecule has 1 aliphatic rings. The van der Waals surface area contributed by atoms with Crippen LogP contribution in [0.5, 0.6) is 0 Å². The van der Waals surface area contributed by atoms with Crippen LogP contribution >= 0.6 is 11.6 Å². The van der Waals surface area contributed by atoms with Gasteiger partial charge in [-0.3, -0.25) is 4.79 Å². The van der Waals surface area contributed by atoms with Gasteiger partial charge in [-0.1, -0.05) is 24.3 Å². The molecule has 0 heterocycles. The fourth-order valence-corrected chi connectivity index (χ4v) is 2.41. The third-order valence-corrected chi connectivity index (χ3v) is 3.89. The summed E-state index contributed by atoms with van der Waals surface area (Å²) in [5, 5.41) is -0.197. The van der Waals surface area contributed by atoms with Crippen LogP contribution in [0.4, 0.5) is 0 Å². The van der Waals surface area contributed by atoms with Crippen molar-refractivity contribution in [2.75, 3.05) is 7.11 Å². The number of ether oxygens (including phenoxy) is 1. The Kier molecular flexibility index (Phi) is 3.76. The third-order valence-electron chi connectivity index (χ3n) is 3.49. The molecule has 0 aliphatic heterocycles. The molecule has 1 saturated carbocycles. The number of carbonyl (C=O) groups is 1. The van der Waals surface area contributed by atoms with Crippen LogP contribution in [0.25, 0.3) is 5.57 Å². The molecule has 1 aliphatic carbocycles. The maximum Gasteiger partial charge on any atom is 0.228 e. The summed E-state index contributed by atoms with van der Waals surface area (Å²) < 4.78 is 5.01. The lowest BCUT2D eigenvalue weighted by Crippen LogP contribution is -2.12. The summed E-state index contributed by atoms with van der Waals surface area (Å²) in [4.78, 5) is 11.4. The number of hydrogen-bond donors (Lipinski definition) is 0. The Morgan fingerprint density at radius 1 is 1.50 bits per heavy atom. The van der Waals surface area contributed by atoms with E-state index in [9.17, 15) is 4.79 Å². The van der Waals surface area contributed by atoms with E-state index >= 15 is 0 Å². The first-order chi connectivity index (χ1) is 8.57. The van der Waals surface area contributed by atoms with Crippen molar-refractivity contribution in [1.29, 1.82) is 0 Å². The van der Waals surface area contributed by atoms with Gasteiger partial charge >= 0.3 is 0 Å². The number of hydrogen-bond acceptors (Lipinski definition) is 2. The standard InChI is InChI=1S/C15H17ClO2/c1-11(10-18-2)13-5-3-4-12(8-13)9-15(6-7-15)14(16)17/h3-5,8,10H,6-7,9H2,1-2H3. The van der Waals surface area contributed by atoms with Gasteiger partial charge in [-0.2, -0.15) is 0 Å². The second-order valence-electron chi connectivity index (χ2n) is 4.97. The third kappa shape index (κ3) is 2.75. The Hall–Kier alpha value is -1.28. The molecule has 0 saturated heterocycles. The molecule has 3 heteroatoms. The maximum atomic E-state index is 11.4. The normalized spacial score (nSPS) is 17.4. The number of rotatable bonds is 5.